The molecule has 30 heavy (non-hydrogen) atoms. The topological polar surface area (TPSA) is 99.3 Å². The molecule has 0 aromatic carbocycles. The molecular formula is C20H34IN7O2. The van der Waals surface area contributed by atoms with Crippen molar-refractivity contribution in [3.05, 3.63) is 23.9 Å². The third kappa shape index (κ3) is 7.15. The van der Waals surface area contributed by atoms with Gasteiger partial charge in [0.25, 0.3) is 0 Å². The number of hydrogen-bond acceptors (Lipinski definition) is 6. The number of nitrogens with two attached hydrogens (primary N) is 1. The number of aromatic nitrogens is 1. The minimum absolute atomic E-state index is 0. The maximum absolute atomic E-state index is 11.8. The van der Waals surface area contributed by atoms with E-state index in [1.807, 2.05) is 19.2 Å². The number of nitrogens with zero attached hydrogens (tertiary/aromatic N) is 5. The Hall–Kier alpha value is -1.82. The molecule has 9 nitrogen and oxygen atoms in total. The fourth-order valence-corrected chi connectivity index (χ4v) is 3.62. The number of rotatable bonds is 5. The molecule has 2 fully saturated rings. The number of carbonyl (C=O) groups is 1. The summed E-state index contributed by atoms with van der Waals surface area (Å²) < 4.78 is 5.05. The second-order valence-corrected chi connectivity index (χ2v) is 7.62. The third-order valence-corrected chi connectivity index (χ3v) is 5.44. The summed E-state index contributed by atoms with van der Waals surface area (Å²) in [5.41, 5.74) is 7.19. The molecule has 0 atom stereocenters. The first-order valence-electron chi connectivity index (χ1n) is 10.4. The van der Waals surface area contributed by atoms with E-state index in [1.165, 1.54) is 0 Å². The molecule has 2 saturated heterocycles. The molecule has 1 aromatic heterocycles. The standard InChI is InChI=1S/C20H33N7O2.HI/c1-3-29-20(28)27-8-5-17(6-9-27)24-19(21)23-15-16-4-7-22-18(14-16)26-12-10-25(2)11-13-26;/h4,7,14,17H,3,5-6,8-13,15H2,1-2H3,(H3,21,23,24);1H. The minimum Gasteiger partial charge on any atom is -0.450 e. The Morgan fingerprint density at radius 1 is 1.27 bits per heavy atom. The van der Waals surface area contributed by atoms with Gasteiger partial charge in [0, 0.05) is 51.5 Å². The van der Waals surface area contributed by atoms with Gasteiger partial charge in [-0.1, -0.05) is 0 Å². The monoisotopic (exact) mass is 531 g/mol. The lowest BCUT2D eigenvalue weighted by atomic mass is 10.1. The lowest BCUT2D eigenvalue weighted by Crippen LogP contribution is -2.48. The molecule has 0 spiro atoms. The van der Waals surface area contributed by atoms with Crippen LogP contribution in [0.3, 0.4) is 0 Å². The second-order valence-electron chi connectivity index (χ2n) is 7.62. The quantitative estimate of drug-likeness (QED) is 0.338. The van der Waals surface area contributed by atoms with Crippen LogP contribution < -0.4 is 16.0 Å². The molecule has 1 aromatic rings. The summed E-state index contributed by atoms with van der Waals surface area (Å²) in [6, 6.07) is 4.30. The zero-order valence-corrected chi connectivity index (χ0v) is 20.2. The van der Waals surface area contributed by atoms with Crippen LogP contribution in [0.1, 0.15) is 25.3 Å². The van der Waals surface area contributed by atoms with Crippen LogP contribution in [0.4, 0.5) is 10.6 Å². The highest BCUT2D eigenvalue weighted by Crippen LogP contribution is 2.15. The maximum atomic E-state index is 11.8. The Morgan fingerprint density at radius 3 is 2.63 bits per heavy atom. The van der Waals surface area contributed by atoms with Crippen LogP contribution in [-0.2, 0) is 11.3 Å². The van der Waals surface area contributed by atoms with Gasteiger partial charge in [0.05, 0.1) is 13.2 Å². The summed E-state index contributed by atoms with van der Waals surface area (Å²) in [7, 11) is 2.15. The Morgan fingerprint density at radius 2 is 1.97 bits per heavy atom. The number of hydrogen-bond donors (Lipinski definition) is 2. The first-order valence-corrected chi connectivity index (χ1v) is 10.4. The van der Waals surface area contributed by atoms with Crippen LogP contribution in [0.25, 0.3) is 0 Å². The van der Waals surface area contributed by atoms with Crippen LogP contribution in [0.15, 0.2) is 23.3 Å². The number of piperidine rings is 1. The number of pyridine rings is 1. The van der Waals surface area contributed by atoms with Crippen molar-refractivity contribution in [2.45, 2.75) is 32.4 Å². The number of aliphatic imine (C=N–C) groups is 1. The number of piperazine rings is 1. The number of anilines is 1. The predicted octanol–water partition coefficient (Wildman–Crippen LogP) is 1.48. The van der Waals surface area contributed by atoms with Crippen molar-refractivity contribution in [1.29, 1.82) is 0 Å². The van der Waals surface area contributed by atoms with Crippen LogP contribution in [-0.4, -0.2) is 85.8 Å². The zero-order valence-electron chi connectivity index (χ0n) is 17.9. The van der Waals surface area contributed by atoms with Crippen molar-refractivity contribution >= 4 is 41.8 Å². The van der Waals surface area contributed by atoms with Gasteiger partial charge in [-0.2, -0.15) is 0 Å². The third-order valence-electron chi connectivity index (χ3n) is 5.44. The molecule has 3 rings (SSSR count). The summed E-state index contributed by atoms with van der Waals surface area (Å²) in [6.07, 6.45) is 3.27. The highest BCUT2D eigenvalue weighted by molar-refractivity contribution is 14.0. The zero-order chi connectivity index (χ0) is 20.6. The summed E-state index contributed by atoms with van der Waals surface area (Å²) >= 11 is 0. The Bertz CT molecular complexity index is 702. The van der Waals surface area contributed by atoms with Crippen molar-refractivity contribution in [1.82, 2.24) is 20.1 Å². The van der Waals surface area contributed by atoms with Crippen LogP contribution in [0, 0.1) is 0 Å². The molecule has 2 aliphatic rings. The van der Waals surface area contributed by atoms with Gasteiger partial charge in [0.1, 0.15) is 5.82 Å². The Kier molecular flexibility index (Phi) is 9.89. The van der Waals surface area contributed by atoms with E-state index in [-0.39, 0.29) is 36.1 Å². The molecular weight excluding hydrogens is 497 g/mol. The van der Waals surface area contributed by atoms with Crippen LogP contribution >= 0.6 is 24.0 Å². The number of carbonyl (C=O) groups excluding carboxylic acids is 1. The van der Waals surface area contributed by atoms with E-state index >= 15 is 0 Å². The van der Waals surface area contributed by atoms with E-state index in [0.29, 0.717) is 32.2 Å². The number of guanidine groups is 1. The van der Waals surface area contributed by atoms with Gasteiger partial charge in [-0.15, -0.1) is 24.0 Å². The molecule has 0 aliphatic carbocycles. The van der Waals surface area contributed by atoms with E-state index in [2.05, 4.69) is 38.2 Å². The van der Waals surface area contributed by atoms with Gasteiger partial charge >= 0.3 is 6.09 Å². The van der Waals surface area contributed by atoms with Gasteiger partial charge in [-0.25, -0.2) is 14.8 Å². The van der Waals surface area contributed by atoms with Crippen LogP contribution in [0.5, 0.6) is 0 Å². The molecule has 0 unspecified atom stereocenters. The average Bonchev–Trinajstić information content (AvgIpc) is 2.74. The summed E-state index contributed by atoms with van der Waals surface area (Å²) in [5, 5.41) is 3.28. The predicted molar refractivity (Wildman–Crippen MR) is 129 cm³/mol. The number of halogens is 1. The van der Waals surface area contributed by atoms with Gasteiger partial charge in [-0.3, -0.25) is 0 Å². The van der Waals surface area contributed by atoms with Gasteiger partial charge in [0.15, 0.2) is 5.96 Å². The van der Waals surface area contributed by atoms with E-state index in [0.717, 1.165) is 50.4 Å². The fourth-order valence-electron chi connectivity index (χ4n) is 3.62. The average molecular weight is 531 g/mol. The van der Waals surface area contributed by atoms with Gasteiger partial charge < -0.3 is 30.5 Å². The maximum Gasteiger partial charge on any atom is 0.409 e. The SMILES string of the molecule is CCOC(=O)N1CCC(NC(N)=NCc2ccnc(N3CCN(C)CC3)c2)CC1.I. The lowest BCUT2D eigenvalue weighted by molar-refractivity contribution is 0.0963. The molecule has 10 heteroatoms. The molecule has 0 saturated carbocycles. The second kappa shape index (κ2) is 12.1. The van der Waals surface area contributed by atoms with Crippen molar-refractivity contribution < 1.29 is 9.53 Å². The van der Waals surface area contributed by atoms with E-state index < -0.39 is 0 Å². The van der Waals surface area contributed by atoms with E-state index in [4.69, 9.17) is 10.5 Å². The largest absolute Gasteiger partial charge is 0.450 e. The number of amides is 1. The van der Waals surface area contributed by atoms with Crippen molar-refractivity contribution in [3.63, 3.8) is 0 Å². The molecule has 0 bridgehead atoms. The Balaban J connectivity index is 0.00000320. The molecule has 1 amide bonds. The van der Waals surface area contributed by atoms with Crippen molar-refractivity contribution in [2.75, 3.05) is 57.8 Å². The normalized spacial score (nSPS) is 18.7. The summed E-state index contributed by atoms with van der Waals surface area (Å²) in [5.74, 6) is 1.45. The Labute approximate surface area is 196 Å². The summed E-state index contributed by atoms with van der Waals surface area (Å²) in [4.78, 5) is 27.2. The smallest absolute Gasteiger partial charge is 0.409 e. The van der Waals surface area contributed by atoms with Crippen LogP contribution in [0.2, 0.25) is 0 Å². The summed E-state index contributed by atoms with van der Waals surface area (Å²) in [6.45, 7) is 8.16. The van der Waals surface area contributed by atoms with E-state index in [9.17, 15) is 4.79 Å². The molecule has 168 valence electrons. The van der Waals surface area contributed by atoms with Gasteiger partial charge in [-0.05, 0) is 44.5 Å². The minimum atomic E-state index is -0.235. The highest BCUT2D eigenvalue weighted by Gasteiger charge is 2.23. The number of nitrogens with one attached hydrogen (secondary N) is 1. The van der Waals surface area contributed by atoms with Crippen molar-refractivity contribution in [3.8, 4) is 0 Å². The van der Waals surface area contributed by atoms with E-state index in [1.54, 1.807) is 4.90 Å². The van der Waals surface area contributed by atoms with Crippen molar-refractivity contribution in [2.24, 2.45) is 10.7 Å². The number of likely N-dealkylation sites (tertiary alicyclic amines) is 1. The highest BCUT2D eigenvalue weighted by atomic mass is 127. The number of likely N-dealkylation sites (N-methyl/N-ethyl adjacent to an activating group) is 1. The first kappa shape index (κ1) is 24.4. The fraction of sp³-hybridized carbons (Fsp3) is 0.650. The molecule has 0 radical (unpaired) electrons. The molecule has 3 N–H and O–H groups in total. The molecule has 2 aliphatic heterocycles. The number of ether oxygens (including phenoxy) is 1. The van der Waals surface area contributed by atoms with Gasteiger partial charge in [0.2, 0.25) is 0 Å². The first-order chi connectivity index (χ1) is 14.0. The lowest BCUT2D eigenvalue weighted by Gasteiger charge is -2.33. The molecule has 3 heterocycles.